The lowest BCUT2D eigenvalue weighted by Gasteiger charge is -2.08. The van der Waals surface area contributed by atoms with Crippen LogP contribution in [0, 0.1) is 11.6 Å². The van der Waals surface area contributed by atoms with Gasteiger partial charge in [0.2, 0.25) is 5.76 Å². The van der Waals surface area contributed by atoms with E-state index in [0.717, 1.165) is 6.07 Å². The molecule has 0 aliphatic carbocycles. The molecular formula is C21H13F2N3O3. The molecule has 4 aromatic rings. The minimum absolute atomic E-state index is 0.0392. The van der Waals surface area contributed by atoms with Crippen molar-refractivity contribution in [2.45, 2.75) is 0 Å². The van der Waals surface area contributed by atoms with Crippen LogP contribution in [0.15, 0.2) is 71.3 Å². The highest BCUT2D eigenvalue weighted by atomic mass is 19.1. The van der Waals surface area contributed by atoms with E-state index in [4.69, 9.17) is 4.42 Å². The number of benzene rings is 2. The van der Waals surface area contributed by atoms with Crippen LogP contribution in [0.3, 0.4) is 0 Å². The quantitative estimate of drug-likeness (QED) is 0.530. The zero-order chi connectivity index (χ0) is 20.4. The van der Waals surface area contributed by atoms with Gasteiger partial charge in [-0.1, -0.05) is 24.3 Å². The van der Waals surface area contributed by atoms with Crippen molar-refractivity contribution in [3.8, 4) is 0 Å². The Bertz CT molecular complexity index is 1240. The van der Waals surface area contributed by atoms with Gasteiger partial charge < -0.3 is 15.1 Å². The van der Waals surface area contributed by atoms with E-state index in [9.17, 15) is 18.4 Å². The molecule has 8 heteroatoms. The molecule has 0 fully saturated rings. The number of nitrogens with zero attached hydrogens (tertiary/aromatic N) is 1. The number of furan rings is 1. The van der Waals surface area contributed by atoms with Crippen molar-refractivity contribution >= 4 is 34.3 Å². The average Bonchev–Trinajstić information content (AvgIpc) is 3.08. The molecule has 6 nitrogen and oxygen atoms in total. The highest BCUT2D eigenvalue weighted by Gasteiger charge is 2.25. The Kier molecular flexibility index (Phi) is 4.74. The van der Waals surface area contributed by atoms with Crippen molar-refractivity contribution in [3.05, 3.63) is 89.8 Å². The third-order valence-corrected chi connectivity index (χ3v) is 4.13. The van der Waals surface area contributed by atoms with Crippen LogP contribution in [0.25, 0.3) is 11.1 Å². The fourth-order valence-corrected chi connectivity index (χ4v) is 2.77. The van der Waals surface area contributed by atoms with Gasteiger partial charge >= 0.3 is 0 Å². The van der Waals surface area contributed by atoms with E-state index in [-0.39, 0.29) is 33.8 Å². The molecule has 0 saturated heterocycles. The van der Waals surface area contributed by atoms with Crippen molar-refractivity contribution in [1.29, 1.82) is 0 Å². The number of hydrogen-bond donors (Lipinski definition) is 2. The van der Waals surface area contributed by atoms with Gasteiger partial charge in [0, 0.05) is 6.20 Å². The van der Waals surface area contributed by atoms with E-state index in [0.29, 0.717) is 0 Å². The molecule has 0 aliphatic heterocycles. The molecule has 4 rings (SSSR count). The van der Waals surface area contributed by atoms with Gasteiger partial charge in [-0.3, -0.25) is 14.6 Å². The maximum absolute atomic E-state index is 14.0. The molecule has 2 aromatic heterocycles. The van der Waals surface area contributed by atoms with Crippen molar-refractivity contribution in [2.24, 2.45) is 0 Å². The SMILES string of the molecule is O=C(Nc1c(C(=O)Nc2ccccc2F)oc2cccnc12)c1ccccc1F. The molecule has 0 aliphatic rings. The first kappa shape index (κ1) is 18.3. The number of carbonyl (C=O) groups excluding carboxylic acids is 2. The molecule has 0 atom stereocenters. The summed E-state index contributed by atoms with van der Waals surface area (Å²) >= 11 is 0. The summed E-state index contributed by atoms with van der Waals surface area (Å²) in [6.45, 7) is 0. The monoisotopic (exact) mass is 393 g/mol. The summed E-state index contributed by atoms with van der Waals surface area (Å²) in [5.74, 6) is -3.21. The first-order valence-corrected chi connectivity index (χ1v) is 8.54. The van der Waals surface area contributed by atoms with E-state index < -0.39 is 23.4 Å². The number of rotatable bonds is 4. The predicted molar refractivity (Wildman–Crippen MR) is 103 cm³/mol. The van der Waals surface area contributed by atoms with Gasteiger partial charge in [-0.15, -0.1) is 0 Å². The molecule has 0 spiro atoms. The second-order valence-electron chi connectivity index (χ2n) is 6.02. The molecular weight excluding hydrogens is 380 g/mol. The first-order valence-electron chi connectivity index (χ1n) is 8.54. The number of halogens is 2. The van der Waals surface area contributed by atoms with E-state index in [1.165, 1.54) is 42.6 Å². The van der Waals surface area contributed by atoms with Gasteiger partial charge in [0.05, 0.1) is 11.3 Å². The molecule has 2 heterocycles. The topological polar surface area (TPSA) is 84.2 Å². The fraction of sp³-hybridized carbons (Fsp3) is 0. The zero-order valence-electron chi connectivity index (χ0n) is 14.8. The highest BCUT2D eigenvalue weighted by Crippen LogP contribution is 2.30. The summed E-state index contributed by atoms with van der Waals surface area (Å²) in [7, 11) is 0. The molecule has 2 amide bonds. The van der Waals surface area contributed by atoms with Crippen molar-refractivity contribution in [2.75, 3.05) is 10.6 Å². The Morgan fingerprint density at radius 1 is 0.828 bits per heavy atom. The van der Waals surface area contributed by atoms with Crippen LogP contribution < -0.4 is 10.6 Å². The summed E-state index contributed by atoms with van der Waals surface area (Å²) in [4.78, 5) is 29.4. The van der Waals surface area contributed by atoms with E-state index >= 15 is 0 Å². The van der Waals surface area contributed by atoms with Gasteiger partial charge in [0.15, 0.2) is 5.58 Å². The standard InChI is InChI=1S/C21H13F2N3O3/c22-13-7-2-1-6-12(13)20(27)26-18-17-16(10-5-11-24-17)29-19(18)21(28)25-15-9-4-3-8-14(15)23/h1-11H,(H,25,28)(H,26,27). The third kappa shape index (κ3) is 3.55. The number of nitrogens with one attached hydrogen (secondary N) is 2. The largest absolute Gasteiger partial charge is 0.447 e. The zero-order valence-corrected chi connectivity index (χ0v) is 14.8. The Hall–Kier alpha value is -4.07. The molecule has 0 bridgehead atoms. The number of aromatic nitrogens is 1. The highest BCUT2D eigenvalue weighted by molar-refractivity contribution is 6.16. The van der Waals surface area contributed by atoms with Crippen LogP contribution in [0.2, 0.25) is 0 Å². The van der Waals surface area contributed by atoms with Gasteiger partial charge in [-0.25, -0.2) is 8.78 Å². The van der Waals surface area contributed by atoms with Crippen LogP contribution >= 0.6 is 0 Å². The lowest BCUT2D eigenvalue weighted by Crippen LogP contribution is -2.18. The normalized spacial score (nSPS) is 10.7. The molecule has 0 saturated carbocycles. The number of carbonyl (C=O) groups is 2. The minimum atomic E-state index is -0.795. The predicted octanol–water partition coefficient (Wildman–Crippen LogP) is 4.61. The number of para-hydroxylation sites is 1. The Labute approximate surface area is 163 Å². The number of anilines is 2. The first-order chi connectivity index (χ1) is 14.0. The third-order valence-electron chi connectivity index (χ3n) is 4.13. The lowest BCUT2D eigenvalue weighted by atomic mass is 10.2. The van der Waals surface area contributed by atoms with Gasteiger partial charge in [0.1, 0.15) is 22.8 Å². The Balaban J connectivity index is 1.73. The molecule has 29 heavy (non-hydrogen) atoms. The lowest BCUT2D eigenvalue weighted by molar-refractivity contribution is 0.0999. The van der Waals surface area contributed by atoms with Crippen LogP contribution in [0.1, 0.15) is 20.9 Å². The Morgan fingerprint density at radius 3 is 2.31 bits per heavy atom. The fourth-order valence-electron chi connectivity index (χ4n) is 2.77. The van der Waals surface area contributed by atoms with Crippen LogP contribution in [-0.4, -0.2) is 16.8 Å². The summed E-state index contributed by atoms with van der Waals surface area (Å²) in [6, 6.07) is 14.2. The van der Waals surface area contributed by atoms with E-state index in [1.807, 2.05) is 0 Å². The molecule has 2 aromatic carbocycles. The van der Waals surface area contributed by atoms with E-state index in [1.54, 1.807) is 18.2 Å². The summed E-state index contributed by atoms with van der Waals surface area (Å²) in [6.07, 6.45) is 1.45. The van der Waals surface area contributed by atoms with Gasteiger partial charge in [-0.05, 0) is 36.4 Å². The van der Waals surface area contributed by atoms with Gasteiger partial charge in [0.25, 0.3) is 11.8 Å². The Morgan fingerprint density at radius 2 is 1.55 bits per heavy atom. The molecule has 0 radical (unpaired) electrons. The summed E-state index contributed by atoms with van der Waals surface area (Å²) in [5, 5.41) is 4.87. The number of fused-ring (bicyclic) bond motifs is 1. The number of pyridine rings is 1. The van der Waals surface area contributed by atoms with Crippen molar-refractivity contribution in [1.82, 2.24) is 4.98 Å². The number of amides is 2. The van der Waals surface area contributed by atoms with E-state index in [2.05, 4.69) is 15.6 Å². The van der Waals surface area contributed by atoms with Crippen molar-refractivity contribution < 1.29 is 22.8 Å². The second kappa shape index (κ2) is 7.51. The maximum atomic E-state index is 14.0. The number of hydrogen-bond acceptors (Lipinski definition) is 4. The minimum Gasteiger partial charge on any atom is -0.447 e. The summed E-state index contributed by atoms with van der Waals surface area (Å²) < 4.78 is 33.4. The molecule has 0 unspecified atom stereocenters. The van der Waals surface area contributed by atoms with Crippen LogP contribution in [0.5, 0.6) is 0 Å². The van der Waals surface area contributed by atoms with Crippen LogP contribution in [-0.2, 0) is 0 Å². The second-order valence-corrected chi connectivity index (χ2v) is 6.02. The van der Waals surface area contributed by atoms with Gasteiger partial charge in [-0.2, -0.15) is 0 Å². The maximum Gasteiger partial charge on any atom is 0.293 e. The summed E-state index contributed by atoms with van der Waals surface area (Å²) in [5.41, 5.74) is 0.129. The molecule has 144 valence electrons. The van der Waals surface area contributed by atoms with Crippen molar-refractivity contribution in [3.63, 3.8) is 0 Å². The van der Waals surface area contributed by atoms with Crippen LogP contribution in [0.4, 0.5) is 20.2 Å². The average molecular weight is 393 g/mol. The smallest absolute Gasteiger partial charge is 0.293 e. The molecule has 2 N–H and O–H groups in total.